The number of rotatable bonds is 5. The molecule has 2 aromatic rings. The maximum absolute atomic E-state index is 13.0. The lowest BCUT2D eigenvalue weighted by molar-refractivity contribution is -0.137. The number of hydrogen-bond donors (Lipinski definition) is 1. The van der Waals surface area contributed by atoms with Crippen molar-refractivity contribution >= 4 is 0 Å². The van der Waals surface area contributed by atoms with Gasteiger partial charge in [0.05, 0.1) is 24.1 Å². The van der Waals surface area contributed by atoms with Crippen LogP contribution in [0.3, 0.4) is 0 Å². The van der Waals surface area contributed by atoms with Crippen molar-refractivity contribution in [2.75, 3.05) is 20.2 Å². The lowest BCUT2D eigenvalue weighted by Gasteiger charge is -2.35. The van der Waals surface area contributed by atoms with Crippen LogP contribution in [-0.4, -0.2) is 46.4 Å². The summed E-state index contributed by atoms with van der Waals surface area (Å²) in [5, 5.41) is 19.4. The van der Waals surface area contributed by atoms with E-state index in [1.807, 2.05) is 6.92 Å². The van der Waals surface area contributed by atoms with Gasteiger partial charge in [0.1, 0.15) is 11.9 Å². The van der Waals surface area contributed by atoms with Gasteiger partial charge < -0.3 is 9.84 Å². The number of alkyl halides is 3. The smallest absolute Gasteiger partial charge is 0.416 e. The number of piperidine rings is 1. The Labute approximate surface area is 173 Å². The van der Waals surface area contributed by atoms with E-state index in [1.54, 1.807) is 6.07 Å². The van der Waals surface area contributed by atoms with Gasteiger partial charge in [0.2, 0.25) is 0 Å². The van der Waals surface area contributed by atoms with Crippen molar-refractivity contribution < 1.29 is 23.0 Å². The van der Waals surface area contributed by atoms with Gasteiger partial charge in [0.15, 0.2) is 0 Å². The number of aliphatic hydroxyl groups excluding tert-OH is 1. The van der Waals surface area contributed by atoms with Crippen molar-refractivity contribution in [3.8, 4) is 17.0 Å². The first-order chi connectivity index (χ1) is 14.3. The molecule has 2 atom stereocenters. The minimum atomic E-state index is -4.45. The summed E-state index contributed by atoms with van der Waals surface area (Å²) >= 11 is 0. The first-order valence-electron chi connectivity index (χ1n) is 10.3. The zero-order valence-corrected chi connectivity index (χ0v) is 17.1. The number of hydrogen-bond acceptors (Lipinski definition) is 5. The SMILES string of the molecule is COc1cc(C(F)(F)F)ccc1-c1nnc(C(O)[C@@H]2CCCN(C3CC3)C2)cc1C. The molecule has 4 rings (SSSR count). The summed E-state index contributed by atoms with van der Waals surface area (Å²) in [6.07, 6.45) is -0.669. The van der Waals surface area contributed by atoms with Crippen LogP contribution in [0.25, 0.3) is 11.3 Å². The van der Waals surface area contributed by atoms with Crippen LogP contribution in [0.4, 0.5) is 13.2 Å². The molecule has 30 heavy (non-hydrogen) atoms. The molecule has 1 saturated heterocycles. The van der Waals surface area contributed by atoms with E-state index in [2.05, 4.69) is 15.1 Å². The van der Waals surface area contributed by atoms with Crippen LogP contribution in [-0.2, 0) is 6.18 Å². The molecule has 8 heteroatoms. The number of methoxy groups -OCH3 is 1. The summed E-state index contributed by atoms with van der Waals surface area (Å²) in [5.74, 6) is 0.197. The molecule has 5 nitrogen and oxygen atoms in total. The van der Waals surface area contributed by atoms with Gasteiger partial charge in [0, 0.05) is 24.1 Å². The number of likely N-dealkylation sites (tertiary alicyclic amines) is 1. The fourth-order valence-corrected chi connectivity index (χ4v) is 4.29. The summed E-state index contributed by atoms with van der Waals surface area (Å²) in [4.78, 5) is 2.46. The normalized spacial score (nSPS) is 21.5. The second-order valence-corrected chi connectivity index (χ2v) is 8.29. The zero-order valence-electron chi connectivity index (χ0n) is 17.1. The van der Waals surface area contributed by atoms with Gasteiger partial charge in [-0.3, -0.25) is 4.90 Å². The van der Waals surface area contributed by atoms with Crippen molar-refractivity contribution in [2.45, 2.75) is 50.9 Å². The lowest BCUT2D eigenvalue weighted by Crippen LogP contribution is -2.39. The molecule has 1 unspecified atom stereocenters. The molecule has 2 fully saturated rings. The average Bonchev–Trinajstić information content (AvgIpc) is 3.57. The Morgan fingerprint density at radius 1 is 1.17 bits per heavy atom. The van der Waals surface area contributed by atoms with Crippen molar-refractivity contribution in [1.82, 2.24) is 15.1 Å². The van der Waals surface area contributed by atoms with Crippen molar-refractivity contribution in [3.05, 3.63) is 41.1 Å². The van der Waals surface area contributed by atoms with E-state index < -0.39 is 17.8 Å². The summed E-state index contributed by atoms with van der Waals surface area (Å²) in [6.45, 7) is 3.76. The monoisotopic (exact) mass is 421 g/mol. The number of halogens is 3. The molecule has 162 valence electrons. The number of aryl methyl sites for hydroxylation is 1. The minimum absolute atomic E-state index is 0.0860. The molecule has 0 radical (unpaired) electrons. The van der Waals surface area contributed by atoms with Crippen molar-refractivity contribution in [3.63, 3.8) is 0 Å². The van der Waals surface area contributed by atoms with Gasteiger partial charge in [0.25, 0.3) is 0 Å². The van der Waals surface area contributed by atoms with E-state index in [0.29, 0.717) is 23.0 Å². The van der Waals surface area contributed by atoms with Crippen LogP contribution in [0.5, 0.6) is 5.75 Å². The summed E-state index contributed by atoms with van der Waals surface area (Å²) in [6, 6.07) is 5.77. The van der Waals surface area contributed by atoms with Gasteiger partial charge in [-0.2, -0.15) is 18.3 Å². The number of ether oxygens (including phenoxy) is 1. The molecule has 0 bridgehead atoms. The zero-order chi connectivity index (χ0) is 21.5. The first kappa shape index (κ1) is 21.1. The van der Waals surface area contributed by atoms with E-state index in [0.717, 1.165) is 43.6 Å². The molecule has 0 spiro atoms. The first-order valence-corrected chi connectivity index (χ1v) is 10.3. The fraction of sp³-hybridized carbons (Fsp3) is 0.545. The van der Waals surface area contributed by atoms with E-state index >= 15 is 0 Å². The van der Waals surface area contributed by atoms with Gasteiger partial charge in [-0.05, 0) is 69.0 Å². The maximum atomic E-state index is 13.0. The molecule has 0 amide bonds. The van der Waals surface area contributed by atoms with Crippen molar-refractivity contribution in [1.29, 1.82) is 0 Å². The van der Waals surface area contributed by atoms with Crippen molar-refractivity contribution in [2.24, 2.45) is 5.92 Å². The van der Waals surface area contributed by atoms with E-state index in [-0.39, 0.29) is 11.7 Å². The second kappa shape index (κ2) is 8.15. The third-order valence-electron chi connectivity index (χ3n) is 6.09. The van der Waals surface area contributed by atoms with E-state index in [9.17, 15) is 18.3 Å². The Kier molecular flexibility index (Phi) is 5.72. The third kappa shape index (κ3) is 4.30. The second-order valence-electron chi connectivity index (χ2n) is 8.29. The van der Waals surface area contributed by atoms with Gasteiger partial charge in [-0.1, -0.05) is 0 Å². The molecular formula is C22H26F3N3O2. The van der Waals surface area contributed by atoms with Crippen LogP contribution in [0, 0.1) is 12.8 Å². The van der Waals surface area contributed by atoms with Crippen LogP contribution in [0.1, 0.15) is 48.6 Å². The largest absolute Gasteiger partial charge is 0.496 e. The van der Waals surface area contributed by atoms with Crippen LogP contribution in [0.15, 0.2) is 24.3 Å². The molecule has 1 aliphatic heterocycles. The standard InChI is InChI=1S/C22H26F3N3O2/c1-13-10-18(21(29)14-4-3-9-28(12-14)16-6-7-16)26-27-20(13)17-8-5-15(22(23,24)25)11-19(17)30-2/h5,8,10-11,14,16,21,29H,3-4,6-7,9,12H2,1-2H3/t14-,21?/m1/s1. The Bertz CT molecular complexity index is 915. The highest BCUT2D eigenvalue weighted by molar-refractivity contribution is 5.70. The molecule has 1 saturated carbocycles. The summed E-state index contributed by atoms with van der Waals surface area (Å²) in [5.41, 5.74) is 1.34. The maximum Gasteiger partial charge on any atom is 0.416 e. The third-order valence-corrected chi connectivity index (χ3v) is 6.09. The highest BCUT2D eigenvalue weighted by Gasteiger charge is 2.36. The Balaban J connectivity index is 1.57. The van der Waals surface area contributed by atoms with Gasteiger partial charge >= 0.3 is 6.18 Å². The van der Waals surface area contributed by atoms with Crippen LogP contribution < -0.4 is 4.74 Å². The number of nitrogens with zero attached hydrogens (tertiary/aromatic N) is 3. The highest BCUT2D eigenvalue weighted by atomic mass is 19.4. The molecule has 1 aromatic heterocycles. The van der Waals surface area contributed by atoms with Gasteiger partial charge in [-0.25, -0.2) is 0 Å². The van der Waals surface area contributed by atoms with Crippen LogP contribution in [0.2, 0.25) is 0 Å². The van der Waals surface area contributed by atoms with Gasteiger partial charge in [-0.15, -0.1) is 5.10 Å². The minimum Gasteiger partial charge on any atom is -0.496 e. The fourth-order valence-electron chi connectivity index (χ4n) is 4.29. The topological polar surface area (TPSA) is 58.5 Å². The molecule has 2 heterocycles. The lowest BCUT2D eigenvalue weighted by atomic mass is 9.90. The molecule has 2 aliphatic rings. The molecule has 1 N–H and O–H groups in total. The number of benzene rings is 1. The highest BCUT2D eigenvalue weighted by Crippen LogP contribution is 2.38. The van der Waals surface area contributed by atoms with E-state index in [1.165, 1.54) is 26.0 Å². The Hall–Kier alpha value is -2.19. The quantitative estimate of drug-likeness (QED) is 0.776. The number of aromatic nitrogens is 2. The van der Waals surface area contributed by atoms with Crippen LogP contribution >= 0.6 is 0 Å². The summed E-state index contributed by atoms with van der Waals surface area (Å²) in [7, 11) is 1.33. The summed E-state index contributed by atoms with van der Waals surface area (Å²) < 4.78 is 44.2. The predicted molar refractivity (Wildman–Crippen MR) is 106 cm³/mol. The molecular weight excluding hydrogens is 395 g/mol. The number of aliphatic hydroxyl groups is 1. The average molecular weight is 421 g/mol. The Morgan fingerprint density at radius 3 is 2.57 bits per heavy atom. The molecule has 1 aromatic carbocycles. The Morgan fingerprint density at radius 2 is 1.93 bits per heavy atom. The van der Waals surface area contributed by atoms with E-state index in [4.69, 9.17) is 4.74 Å². The molecule has 1 aliphatic carbocycles. The predicted octanol–water partition coefficient (Wildman–Crippen LogP) is 4.39.